The Morgan fingerprint density at radius 3 is 2.60 bits per heavy atom. The van der Waals surface area contributed by atoms with Gasteiger partial charge >= 0.3 is 0 Å². The third-order valence-electron chi connectivity index (χ3n) is 3.49. The highest BCUT2D eigenvalue weighted by molar-refractivity contribution is 7.18. The second-order valence-electron chi connectivity index (χ2n) is 5.23. The molecule has 0 amide bonds. The van der Waals surface area contributed by atoms with Crippen LogP contribution in [0.15, 0.2) is 6.07 Å². The first-order chi connectivity index (χ1) is 9.58. The smallest absolute Gasteiger partial charge is 0.240 e. The Kier molecular flexibility index (Phi) is 4.77. The molecule has 2 aromatic rings. The second-order valence-corrected chi connectivity index (χ2v) is 6.34. The van der Waals surface area contributed by atoms with E-state index in [1.54, 1.807) is 11.3 Å². The SMILES string of the molecule is CCc1cc2c(NC(CC)C(C)C)nc(NN)nc2s1. The van der Waals surface area contributed by atoms with Gasteiger partial charge in [-0.25, -0.2) is 10.8 Å². The quantitative estimate of drug-likeness (QED) is 0.562. The van der Waals surface area contributed by atoms with Crippen LogP contribution in [0.5, 0.6) is 0 Å². The normalized spacial score (nSPS) is 12.9. The number of thiophene rings is 1. The van der Waals surface area contributed by atoms with Crippen LogP contribution in [0.2, 0.25) is 0 Å². The van der Waals surface area contributed by atoms with Crippen LogP contribution in [0, 0.1) is 5.92 Å². The summed E-state index contributed by atoms with van der Waals surface area (Å²) in [5, 5.41) is 4.63. The van der Waals surface area contributed by atoms with E-state index in [0.29, 0.717) is 17.9 Å². The van der Waals surface area contributed by atoms with Gasteiger partial charge in [-0.2, -0.15) is 4.98 Å². The number of nitrogen functional groups attached to an aromatic ring is 1. The number of aryl methyl sites for hydroxylation is 1. The van der Waals surface area contributed by atoms with Crippen LogP contribution in [-0.2, 0) is 6.42 Å². The van der Waals surface area contributed by atoms with Gasteiger partial charge in [0, 0.05) is 10.9 Å². The van der Waals surface area contributed by atoms with E-state index in [1.807, 2.05) is 0 Å². The molecule has 1 atom stereocenters. The standard InChI is InChI=1S/C14H23N5S/c1-5-9-7-10-12(16-11(6-2)8(3)4)17-14(19-15)18-13(10)20-9/h7-8,11H,5-6,15H2,1-4H3,(H2,16,17,18,19). The lowest BCUT2D eigenvalue weighted by molar-refractivity contribution is 0.510. The summed E-state index contributed by atoms with van der Waals surface area (Å²) in [6.45, 7) is 8.76. The summed E-state index contributed by atoms with van der Waals surface area (Å²) in [6.07, 6.45) is 2.06. The topological polar surface area (TPSA) is 75.9 Å². The Morgan fingerprint density at radius 2 is 2.05 bits per heavy atom. The number of hydrogen-bond acceptors (Lipinski definition) is 6. The number of nitrogens with one attached hydrogen (secondary N) is 2. The maximum Gasteiger partial charge on any atom is 0.240 e. The van der Waals surface area contributed by atoms with Crippen LogP contribution in [0.4, 0.5) is 11.8 Å². The Morgan fingerprint density at radius 1 is 1.30 bits per heavy atom. The lowest BCUT2D eigenvalue weighted by Crippen LogP contribution is -2.25. The molecule has 20 heavy (non-hydrogen) atoms. The summed E-state index contributed by atoms with van der Waals surface area (Å²) in [6, 6.07) is 2.57. The highest BCUT2D eigenvalue weighted by atomic mass is 32.1. The largest absolute Gasteiger partial charge is 0.366 e. The summed E-state index contributed by atoms with van der Waals surface area (Å²) in [7, 11) is 0. The van der Waals surface area contributed by atoms with Gasteiger partial charge in [0.2, 0.25) is 5.95 Å². The van der Waals surface area contributed by atoms with Crippen LogP contribution in [0.3, 0.4) is 0 Å². The molecule has 0 fully saturated rings. The minimum Gasteiger partial charge on any atom is -0.366 e. The fourth-order valence-corrected chi connectivity index (χ4v) is 3.20. The first-order valence-corrected chi connectivity index (χ1v) is 7.94. The number of nitrogens with zero attached hydrogens (tertiary/aromatic N) is 2. The molecule has 4 N–H and O–H groups in total. The first kappa shape index (κ1) is 15.0. The minimum absolute atomic E-state index is 0.392. The molecular formula is C14H23N5S. The van der Waals surface area contributed by atoms with Crippen LogP contribution in [0.1, 0.15) is 39.0 Å². The molecule has 0 spiro atoms. The van der Waals surface area contributed by atoms with Gasteiger partial charge in [-0.05, 0) is 24.8 Å². The molecule has 2 aromatic heterocycles. The van der Waals surface area contributed by atoms with Gasteiger partial charge in [0.1, 0.15) is 10.6 Å². The Labute approximate surface area is 124 Å². The van der Waals surface area contributed by atoms with Gasteiger partial charge in [-0.15, -0.1) is 11.3 Å². The van der Waals surface area contributed by atoms with Crippen molar-refractivity contribution in [2.45, 2.75) is 46.6 Å². The number of hydrazine groups is 1. The van der Waals surface area contributed by atoms with E-state index in [9.17, 15) is 0 Å². The van der Waals surface area contributed by atoms with E-state index >= 15 is 0 Å². The predicted molar refractivity (Wildman–Crippen MR) is 87.1 cm³/mol. The van der Waals surface area contributed by atoms with Gasteiger partial charge in [-0.3, -0.25) is 5.43 Å². The Hall–Kier alpha value is -1.40. The van der Waals surface area contributed by atoms with Crippen molar-refractivity contribution in [3.8, 4) is 0 Å². The molecule has 2 rings (SSSR count). The van der Waals surface area contributed by atoms with E-state index in [-0.39, 0.29) is 0 Å². The summed E-state index contributed by atoms with van der Waals surface area (Å²) in [5.74, 6) is 7.35. The molecule has 6 heteroatoms. The van der Waals surface area contributed by atoms with E-state index < -0.39 is 0 Å². The molecule has 0 bridgehead atoms. The summed E-state index contributed by atoms with van der Waals surface area (Å²) >= 11 is 1.70. The van der Waals surface area contributed by atoms with Crippen molar-refractivity contribution in [3.63, 3.8) is 0 Å². The van der Waals surface area contributed by atoms with Crippen molar-refractivity contribution in [2.24, 2.45) is 11.8 Å². The van der Waals surface area contributed by atoms with E-state index in [2.05, 4.69) is 54.5 Å². The van der Waals surface area contributed by atoms with Crippen molar-refractivity contribution in [1.29, 1.82) is 0 Å². The van der Waals surface area contributed by atoms with Crippen LogP contribution < -0.4 is 16.6 Å². The Bertz CT molecular complexity index is 578. The van der Waals surface area contributed by atoms with Crippen molar-refractivity contribution in [2.75, 3.05) is 10.7 Å². The summed E-state index contributed by atoms with van der Waals surface area (Å²) in [4.78, 5) is 11.2. The van der Waals surface area contributed by atoms with Gasteiger partial charge in [0.15, 0.2) is 0 Å². The number of aromatic nitrogens is 2. The van der Waals surface area contributed by atoms with Crippen LogP contribution in [-0.4, -0.2) is 16.0 Å². The van der Waals surface area contributed by atoms with Gasteiger partial charge in [0.05, 0.1) is 5.39 Å². The summed E-state index contributed by atoms with van der Waals surface area (Å²) in [5.41, 5.74) is 2.55. The van der Waals surface area contributed by atoms with Crippen molar-refractivity contribution < 1.29 is 0 Å². The maximum absolute atomic E-state index is 5.47. The van der Waals surface area contributed by atoms with Crippen molar-refractivity contribution >= 4 is 33.3 Å². The van der Waals surface area contributed by atoms with E-state index in [4.69, 9.17) is 5.84 Å². The van der Waals surface area contributed by atoms with E-state index in [1.165, 1.54) is 4.88 Å². The molecule has 2 heterocycles. The average molecular weight is 293 g/mol. The molecule has 0 saturated carbocycles. The van der Waals surface area contributed by atoms with Gasteiger partial charge in [0.25, 0.3) is 0 Å². The molecule has 0 aromatic carbocycles. The first-order valence-electron chi connectivity index (χ1n) is 7.12. The molecule has 110 valence electrons. The maximum atomic E-state index is 5.47. The monoisotopic (exact) mass is 293 g/mol. The van der Waals surface area contributed by atoms with Crippen molar-refractivity contribution in [1.82, 2.24) is 9.97 Å². The van der Waals surface area contributed by atoms with Crippen LogP contribution >= 0.6 is 11.3 Å². The molecular weight excluding hydrogens is 270 g/mol. The fourth-order valence-electron chi connectivity index (χ4n) is 2.24. The lowest BCUT2D eigenvalue weighted by atomic mass is 10.0. The van der Waals surface area contributed by atoms with Gasteiger partial charge < -0.3 is 5.32 Å². The zero-order valence-electron chi connectivity index (χ0n) is 12.5. The number of fused-ring (bicyclic) bond motifs is 1. The molecule has 0 aliphatic rings. The molecule has 0 saturated heterocycles. The fraction of sp³-hybridized carbons (Fsp3) is 0.571. The average Bonchev–Trinajstić information content (AvgIpc) is 2.86. The van der Waals surface area contributed by atoms with Gasteiger partial charge in [-0.1, -0.05) is 27.7 Å². The minimum atomic E-state index is 0.392. The predicted octanol–water partition coefficient (Wildman–Crippen LogP) is 3.39. The highest BCUT2D eigenvalue weighted by Crippen LogP contribution is 2.31. The zero-order valence-corrected chi connectivity index (χ0v) is 13.3. The number of anilines is 2. The highest BCUT2D eigenvalue weighted by Gasteiger charge is 2.16. The van der Waals surface area contributed by atoms with E-state index in [0.717, 1.165) is 28.9 Å². The third kappa shape index (κ3) is 3.02. The third-order valence-corrected chi connectivity index (χ3v) is 4.66. The van der Waals surface area contributed by atoms with Crippen LogP contribution in [0.25, 0.3) is 10.2 Å². The van der Waals surface area contributed by atoms with Crippen molar-refractivity contribution in [3.05, 3.63) is 10.9 Å². The second kappa shape index (κ2) is 6.37. The number of nitrogens with two attached hydrogens (primary N) is 1. The number of rotatable bonds is 6. The molecule has 5 nitrogen and oxygen atoms in total. The summed E-state index contributed by atoms with van der Waals surface area (Å²) < 4.78 is 0. The molecule has 0 radical (unpaired) electrons. The Balaban J connectivity index is 2.46. The molecule has 0 aliphatic carbocycles. The molecule has 1 unspecified atom stereocenters. The lowest BCUT2D eigenvalue weighted by Gasteiger charge is -2.21. The zero-order chi connectivity index (χ0) is 14.7. The number of hydrogen-bond donors (Lipinski definition) is 3. The molecule has 0 aliphatic heterocycles.